The highest BCUT2D eigenvalue weighted by atomic mass is 19.4. The van der Waals surface area contributed by atoms with Gasteiger partial charge >= 0.3 is 6.18 Å². The fourth-order valence-electron chi connectivity index (χ4n) is 2.84. The third-order valence-electron chi connectivity index (χ3n) is 3.71. The van der Waals surface area contributed by atoms with E-state index >= 15 is 0 Å². The van der Waals surface area contributed by atoms with Crippen molar-refractivity contribution in [3.63, 3.8) is 0 Å². The Bertz CT molecular complexity index is 525. The normalized spacial score (nSPS) is 23.1. The van der Waals surface area contributed by atoms with Crippen LogP contribution in [0, 0.1) is 11.3 Å². The summed E-state index contributed by atoms with van der Waals surface area (Å²) in [5, 5.41) is 7.27. The third-order valence-corrected chi connectivity index (χ3v) is 3.71. The number of halogens is 3. The Balaban J connectivity index is 2.45. The van der Waals surface area contributed by atoms with Crippen LogP contribution in [-0.2, 0) is 6.18 Å². The number of amidine groups is 1. The second-order valence-electron chi connectivity index (χ2n) is 5.48. The molecule has 3 N–H and O–H groups in total. The average Bonchev–Trinajstić information content (AvgIpc) is 2.66. The zero-order chi connectivity index (χ0) is 15.1. The van der Waals surface area contributed by atoms with E-state index in [1.54, 1.807) is 6.07 Å². The summed E-state index contributed by atoms with van der Waals surface area (Å²) < 4.78 is 39.2. The van der Waals surface area contributed by atoms with Crippen LogP contribution in [0.4, 0.5) is 18.9 Å². The highest BCUT2D eigenvalue weighted by Gasteiger charge is 2.35. The van der Waals surface area contributed by atoms with Crippen molar-refractivity contribution in [1.29, 1.82) is 5.41 Å². The molecule has 6 heteroatoms. The predicted octanol–water partition coefficient (Wildman–Crippen LogP) is 3.22. The van der Waals surface area contributed by atoms with Gasteiger partial charge in [-0.15, -0.1) is 0 Å². The van der Waals surface area contributed by atoms with Gasteiger partial charge in [-0.25, -0.2) is 0 Å². The monoisotopic (exact) mass is 285 g/mol. The minimum atomic E-state index is -4.51. The summed E-state index contributed by atoms with van der Waals surface area (Å²) in [7, 11) is 0. The molecule has 0 aliphatic carbocycles. The van der Waals surface area contributed by atoms with Gasteiger partial charge in [-0.3, -0.25) is 5.41 Å². The molecule has 1 aromatic rings. The second kappa shape index (κ2) is 5.00. The highest BCUT2D eigenvalue weighted by Crippen LogP contribution is 2.36. The zero-order valence-electron chi connectivity index (χ0n) is 11.5. The molecule has 0 saturated carbocycles. The molecule has 3 nitrogen and oxygen atoms in total. The lowest BCUT2D eigenvalue weighted by Crippen LogP contribution is -2.27. The van der Waals surface area contributed by atoms with E-state index < -0.39 is 17.6 Å². The van der Waals surface area contributed by atoms with Gasteiger partial charge in [0.15, 0.2) is 0 Å². The van der Waals surface area contributed by atoms with Crippen molar-refractivity contribution < 1.29 is 13.2 Å². The van der Waals surface area contributed by atoms with Gasteiger partial charge in [-0.05, 0) is 37.5 Å². The van der Waals surface area contributed by atoms with Crippen LogP contribution in [0.3, 0.4) is 0 Å². The van der Waals surface area contributed by atoms with Crippen molar-refractivity contribution in [3.8, 4) is 0 Å². The SMILES string of the molecule is CC1CC(C)N(c2ccc(C(=N)N)c(C(F)(F)F)c2)C1. The first-order valence-electron chi connectivity index (χ1n) is 6.52. The molecule has 1 aliphatic rings. The van der Waals surface area contributed by atoms with E-state index in [2.05, 4.69) is 6.92 Å². The van der Waals surface area contributed by atoms with Crippen molar-refractivity contribution in [3.05, 3.63) is 29.3 Å². The maximum Gasteiger partial charge on any atom is 0.417 e. The molecule has 1 aromatic carbocycles. The number of nitrogens with one attached hydrogen (secondary N) is 1. The molecule has 1 fully saturated rings. The first-order chi connectivity index (χ1) is 9.20. The first kappa shape index (κ1) is 14.7. The molecule has 0 aromatic heterocycles. The lowest BCUT2D eigenvalue weighted by molar-refractivity contribution is -0.137. The number of alkyl halides is 3. The Labute approximate surface area is 116 Å². The van der Waals surface area contributed by atoms with E-state index in [1.165, 1.54) is 6.07 Å². The van der Waals surface area contributed by atoms with Crippen molar-refractivity contribution in [1.82, 2.24) is 0 Å². The van der Waals surface area contributed by atoms with Gasteiger partial charge in [-0.1, -0.05) is 6.92 Å². The van der Waals surface area contributed by atoms with Gasteiger partial charge in [0, 0.05) is 23.8 Å². The molecule has 1 aliphatic heterocycles. The summed E-state index contributed by atoms with van der Waals surface area (Å²) in [5.74, 6) is -0.0986. The lowest BCUT2D eigenvalue weighted by Gasteiger charge is -2.25. The van der Waals surface area contributed by atoms with Crippen molar-refractivity contribution in [2.75, 3.05) is 11.4 Å². The average molecular weight is 285 g/mol. The number of nitrogens with two attached hydrogens (primary N) is 1. The number of rotatable bonds is 2. The van der Waals surface area contributed by atoms with E-state index in [0.29, 0.717) is 11.6 Å². The number of hydrogen-bond acceptors (Lipinski definition) is 2. The predicted molar refractivity (Wildman–Crippen MR) is 73.0 cm³/mol. The molecule has 2 rings (SSSR count). The molecule has 0 radical (unpaired) electrons. The van der Waals surface area contributed by atoms with Crippen molar-refractivity contribution in [2.45, 2.75) is 32.5 Å². The topological polar surface area (TPSA) is 53.1 Å². The van der Waals surface area contributed by atoms with Crippen LogP contribution in [0.2, 0.25) is 0 Å². The van der Waals surface area contributed by atoms with Crippen molar-refractivity contribution >= 4 is 11.5 Å². The van der Waals surface area contributed by atoms with Gasteiger partial charge in [0.1, 0.15) is 5.84 Å². The standard InChI is InChI=1S/C14H18F3N3/c1-8-5-9(2)20(7-8)10-3-4-11(13(18)19)12(6-10)14(15,16)17/h3-4,6,8-9H,5,7H2,1-2H3,(H3,18,19). The summed E-state index contributed by atoms with van der Waals surface area (Å²) in [5.41, 5.74) is 4.67. The number of anilines is 1. The maximum absolute atomic E-state index is 13.1. The number of benzene rings is 1. The summed E-state index contributed by atoms with van der Waals surface area (Å²) in [4.78, 5) is 1.98. The number of nitrogen functional groups attached to an aromatic ring is 1. The third kappa shape index (κ3) is 2.73. The van der Waals surface area contributed by atoms with Gasteiger partial charge in [-0.2, -0.15) is 13.2 Å². The fraction of sp³-hybridized carbons (Fsp3) is 0.500. The Morgan fingerprint density at radius 3 is 2.45 bits per heavy atom. The molecule has 1 heterocycles. The minimum absolute atomic E-state index is 0.217. The quantitative estimate of drug-likeness (QED) is 0.647. The van der Waals surface area contributed by atoms with E-state index in [1.807, 2.05) is 11.8 Å². The summed E-state index contributed by atoms with van der Waals surface area (Å²) in [6.07, 6.45) is -3.54. The Kier molecular flexibility index (Phi) is 3.67. The van der Waals surface area contributed by atoms with E-state index in [0.717, 1.165) is 19.0 Å². The van der Waals surface area contributed by atoms with Crippen molar-refractivity contribution in [2.24, 2.45) is 11.7 Å². The van der Waals surface area contributed by atoms with Gasteiger partial charge in [0.25, 0.3) is 0 Å². The van der Waals surface area contributed by atoms with E-state index in [4.69, 9.17) is 11.1 Å². The fourth-order valence-corrected chi connectivity index (χ4v) is 2.84. The molecular weight excluding hydrogens is 267 g/mol. The summed E-state index contributed by atoms with van der Waals surface area (Å²) >= 11 is 0. The van der Waals surface area contributed by atoms with Crippen LogP contribution in [0.1, 0.15) is 31.4 Å². The molecule has 0 amide bonds. The Morgan fingerprint density at radius 2 is 2.00 bits per heavy atom. The van der Waals surface area contributed by atoms with Crippen LogP contribution < -0.4 is 10.6 Å². The maximum atomic E-state index is 13.1. The summed E-state index contributed by atoms with van der Waals surface area (Å²) in [6.45, 7) is 4.85. The highest BCUT2D eigenvalue weighted by molar-refractivity contribution is 5.97. The van der Waals surface area contributed by atoms with E-state index in [9.17, 15) is 13.2 Å². The lowest BCUT2D eigenvalue weighted by atomic mass is 10.0. The van der Waals surface area contributed by atoms with Gasteiger partial charge in [0.05, 0.1) is 5.56 Å². The Morgan fingerprint density at radius 1 is 1.35 bits per heavy atom. The molecule has 110 valence electrons. The summed E-state index contributed by atoms with van der Waals surface area (Å²) in [6, 6.07) is 4.22. The van der Waals surface area contributed by atoms with Gasteiger partial charge in [0.2, 0.25) is 0 Å². The van der Waals surface area contributed by atoms with Crippen LogP contribution >= 0.6 is 0 Å². The van der Waals surface area contributed by atoms with Crippen LogP contribution in [0.25, 0.3) is 0 Å². The van der Waals surface area contributed by atoms with Gasteiger partial charge < -0.3 is 10.6 Å². The Hall–Kier alpha value is -1.72. The second-order valence-corrected chi connectivity index (χ2v) is 5.48. The zero-order valence-corrected chi connectivity index (χ0v) is 11.5. The van der Waals surface area contributed by atoms with Crippen LogP contribution in [-0.4, -0.2) is 18.4 Å². The number of hydrogen-bond donors (Lipinski definition) is 2. The first-order valence-corrected chi connectivity index (χ1v) is 6.52. The molecule has 1 saturated heterocycles. The number of nitrogens with zero attached hydrogens (tertiary/aromatic N) is 1. The van der Waals surface area contributed by atoms with E-state index in [-0.39, 0.29) is 11.6 Å². The molecule has 0 bridgehead atoms. The van der Waals surface area contributed by atoms with Crippen LogP contribution in [0.5, 0.6) is 0 Å². The minimum Gasteiger partial charge on any atom is -0.384 e. The van der Waals surface area contributed by atoms with Crippen LogP contribution in [0.15, 0.2) is 18.2 Å². The molecule has 2 unspecified atom stereocenters. The molecular formula is C14H18F3N3. The molecule has 2 atom stereocenters. The largest absolute Gasteiger partial charge is 0.417 e. The smallest absolute Gasteiger partial charge is 0.384 e. The molecule has 0 spiro atoms. The molecule has 20 heavy (non-hydrogen) atoms.